The van der Waals surface area contributed by atoms with Crippen molar-refractivity contribution in [2.75, 3.05) is 11.9 Å². The van der Waals surface area contributed by atoms with Crippen molar-refractivity contribution in [1.82, 2.24) is 15.0 Å². The Morgan fingerprint density at radius 2 is 1.69 bits per heavy atom. The summed E-state index contributed by atoms with van der Waals surface area (Å²) in [5.41, 5.74) is 3.02. The molecule has 186 valence electrons. The van der Waals surface area contributed by atoms with E-state index in [1.54, 1.807) is 57.3 Å². The minimum absolute atomic E-state index is 0.0149. The number of carbonyl (C=O) groups excluding carboxylic acids is 2. The molecule has 0 spiro atoms. The van der Waals surface area contributed by atoms with Crippen molar-refractivity contribution in [3.05, 3.63) is 89.8 Å². The molecule has 0 aliphatic heterocycles. The van der Waals surface area contributed by atoms with Crippen molar-refractivity contribution in [3.8, 4) is 0 Å². The fourth-order valence-corrected chi connectivity index (χ4v) is 5.03. The molecule has 3 aromatic carbocycles. The summed E-state index contributed by atoms with van der Waals surface area (Å²) in [4.78, 5) is 31.9. The Morgan fingerprint density at radius 3 is 2.42 bits per heavy atom. The van der Waals surface area contributed by atoms with Crippen molar-refractivity contribution >= 4 is 38.7 Å². The van der Waals surface area contributed by atoms with Gasteiger partial charge in [0.15, 0.2) is 11.5 Å². The van der Waals surface area contributed by atoms with Gasteiger partial charge >= 0.3 is 6.03 Å². The molecule has 4 rings (SSSR count). The van der Waals surface area contributed by atoms with Gasteiger partial charge in [0.1, 0.15) is 11.6 Å². The summed E-state index contributed by atoms with van der Waals surface area (Å²) in [5.74, 6) is 0.0733. The Balaban J connectivity index is 1.57. The van der Waals surface area contributed by atoms with Crippen LogP contribution in [0.1, 0.15) is 17.0 Å². The summed E-state index contributed by atoms with van der Waals surface area (Å²) < 4.78 is 33.1. The molecule has 36 heavy (non-hydrogen) atoms. The van der Waals surface area contributed by atoms with Crippen LogP contribution in [0.4, 0.5) is 10.5 Å². The Morgan fingerprint density at radius 1 is 1.00 bits per heavy atom. The van der Waals surface area contributed by atoms with Gasteiger partial charge in [0.2, 0.25) is 5.91 Å². The number of aryl methyl sites for hydroxylation is 2. The molecule has 0 fully saturated rings. The van der Waals surface area contributed by atoms with Crippen molar-refractivity contribution in [2.24, 2.45) is 0 Å². The molecule has 9 nitrogen and oxygen atoms in total. The molecule has 1 aromatic heterocycles. The molecular weight excluding hydrogens is 480 g/mol. The molecule has 0 saturated heterocycles. The lowest BCUT2D eigenvalue weighted by atomic mass is 10.0. The molecule has 0 unspecified atom stereocenters. The second-order valence-corrected chi connectivity index (χ2v) is 10.0. The number of hydrogen-bond donors (Lipinski definition) is 2. The van der Waals surface area contributed by atoms with Gasteiger partial charge in [-0.05, 0) is 36.2 Å². The van der Waals surface area contributed by atoms with Crippen LogP contribution >= 0.6 is 0 Å². The van der Waals surface area contributed by atoms with E-state index in [1.807, 2.05) is 35.1 Å². The van der Waals surface area contributed by atoms with Crippen LogP contribution in [0.5, 0.6) is 0 Å². The average molecular weight is 507 g/mol. The maximum absolute atomic E-state index is 13.5. The number of benzene rings is 3. The predicted molar refractivity (Wildman–Crippen MR) is 136 cm³/mol. The van der Waals surface area contributed by atoms with Crippen LogP contribution in [0, 0.1) is 13.8 Å². The van der Waals surface area contributed by atoms with Gasteiger partial charge in [0.25, 0.3) is 10.0 Å². The number of hydrogen-bond acceptors (Lipinski definition) is 6. The van der Waals surface area contributed by atoms with Crippen molar-refractivity contribution in [1.29, 1.82) is 0 Å². The molecule has 10 heteroatoms. The topological polar surface area (TPSA) is 122 Å². The molecule has 0 bridgehead atoms. The van der Waals surface area contributed by atoms with Crippen LogP contribution in [-0.4, -0.2) is 38.4 Å². The Hall–Kier alpha value is -4.18. The van der Waals surface area contributed by atoms with E-state index in [9.17, 15) is 18.0 Å². The molecule has 3 amide bonds. The van der Waals surface area contributed by atoms with E-state index < -0.39 is 28.0 Å². The minimum Gasteiger partial charge on any atom is -0.441 e. The Kier molecular flexibility index (Phi) is 7.07. The first-order valence-corrected chi connectivity index (χ1v) is 12.7. The first kappa shape index (κ1) is 24.9. The number of nitrogens with zero attached hydrogens (tertiary/aromatic N) is 2. The second kappa shape index (κ2) is 10.2. The summed E-state index contributed by atoms with van der Waals surface area (Å²) in [6, 6.07) is 18.6. The zero-order valence-electron chi connectivity index (χ0n) is 20.1. The summed E-state index contributed by atoms with van der Waals surface area (Å²) in [5, 5.41) is 2.55. The molecule has 1 atom stereocenters. The van der Waals surface area contributed by atoms with Crippen molar-refractivity contribution in [3.63, 3.8) is 0 Å². The van der Waals surface area contributed by atoms with E-state index in [4.69, 9.17) is 4.42 Å². The Labute approximate surface area is 209 Å². The predicted octanol–water partition coefficient (Wildman–Crippen LogP) is 3.71. The molecule has 2 N–H and O–H groups in total. The highest BCUT2D eigenvalue weighted by Gasteiger charge is 2.28. The number of fused-ring (bicyclic) bond motifs is 1. The van der Waals surface area contributed by atoms with Crippen LogP contribution in [0.3, 0.4) is 0 Å². The first-order chi connectivity index (χ1) is 17.1. The average Bonchev–Trinajstić information content (AvgIpc) is 3.22. The second-order valence-electron chi connectivity index (χ2n) is 8.37. The zero-order chi connectivity index (χ0) is 25.9. The quantitative estimate of drug-likeness (QED) is 0.394. The maximum Gasteiger partial charge on any atom is 0.329 e. The number of oxazole rings is 1. The lowest BCUT2D eigenvalue weighted by molar-refractivity contribution is -0.120. The van der Waals surface area contributed by atoms with E-state index in [-0.39, 0.29) is 11.3 Å². The van der Waals surface area contributed by atoms with E-state index in [0.29, 0.717) is 28.2 Å². The number of rotatable bonds is 7. The van der Waals surface area contributed by atoms with Crippen molar-refractivity contribution < 1.29 is 22.4 Å². The molecule has 0 radical (unpaired) electrons. The number of likely N-dealkylation sites (N-methyl/N-ethyl adjacent to an activating group) is 1. The molecule has 0 aliphatic rings. The van der Waals surface area contributed by atoms with Gasteiger partial charge in [0.05, 0.1) is 4.90 Å². The highest BCUT2D eigenvalue weighted by molar-refractivity contribution is 7.90. The lowest BCUT2D eigenvalue weighted by Gasteiger charge is -2.25. The summed E-state index contributed by atoms with van der Waals surface area (Å²) in [7, 11) is -2.56. The summed E-state index contributed by atoms with van der Waals surface area (Å²) >= 11 is 0. The fraction of sp³-hybridized carbons (Fsp3) is 0.192. The highest BCUT2D eigenvalue weighted by atomic mass is 32.2. The van der Waals surface area contributed by atoms with E-state index in [0.717, 1.165) is 5.56 Å². The monoisotopic (exact) mass is 506 g/mol. The van der Waals surface area contributed by atoms with Gasteiger partial charge < -0.3 is 14.6 Å². The number of nitrogens with one attached hydrogen (secondary N) is 2. The smallest absolute Gasteiger partial charge is 0.329 e. The minimum atomic E-state index is -4.14. The van der Waals surface area contributed by atoms with Crippen LogP contribution in [0.2, 0.25) is 0 Å². The van der Waals surface area contributed by atoms with Gasteiger partial charge in [-0.2, -0.15) is 0 Å². The first-order valence-electron chi connectivity index (χ1n) is 11.2. The molecule has 0 saturated carbocycles. The molecule has 0 aliphatic carbocycles. The third-order valence-corrected chi connectivity index (χ3v) is 7.18. The van der Waals surface area contributed by atoms with Gasteiger partial charge in [-0.3, -0.25) is 4.79 Å². The maximum atomic E-state index is 13.5. The van der Waals surface area contributed by atoms with Crippen LogP contribution in [-0.2, 0) is 21.2 Å². The third-order valence-electron chi connectivity index (χ3n) is 5.69. The van der Waals surface area contributed by atoms with Crippen LogP contribution in [0.25, 0.3) is 11.1 Å². The van der Waals surface area contributed by atoms with Gasteiger partial charge in [0, 0.05) is 32.1 Å². The largest absolute Gasteiger partial charge is 0.441 e. The van der Waals surface area contributed by atoms with Gasteiger partial charge in [-0.25, -0.2) is 22.9 Å². The molecule has 4 aromatic rings. The molecular formula is C26H26N4O5S. The Bertz CT molecular complexity index is 1520. The van der Waals surface area contributed by atoms with Gasteiger partial charge in [-0.1, -0.05) is 48.5 Å². The fourth-order valence-electron chi connectivity index (χ4n) is 3.87. The highest BCUT2D eigenvalue weighted by Crippen LogP contribution is 2.23. The normalized spacial score (nSPS) is 12.2. The number of sulfonamides is 1. The van der Waals surface area contributed by atoms with Crippen LogP contribution < -0.4 is 14.9 Å². The summed E-state index contributed by atoms with van der Waals surface area (Å²) in [6.45, 7) is 3.37. The van der Waals surface area contributed by atoms with E-state index >= 15 is 0 Å². The lowest BCUT2D eigenvalue weighted by Crippen LogP contribution is -2.52. The number of urea groups is 1. The number of anilines is 1. The summed E-state index contributed by atoms with van der Waals surface area (Å²) in [6.07, 6.45) is 0.158. The molecule has 1 heterocycles. The van der Waals surface area contributed by atoms with Crippen LogP contribution in [0.15, 0.2) is 82.1 Å². The van der Waals surface area contributed by atoms with Gasteiger partial charge in [-0.15, -0.1) is 0 Å². The SMILES string of the molecule is Cc1nc2ccc(N(C)C(=O)[C@H](Cc3ccccc3)NC(=O)NS(=O)(=O)c3ccccc3C)cc2o1. The standard InChI is InChI=1S/C26H26N4O5S/c1-17-9-7-8-12-24(17)36(33,34)29-26(32)28-22(15-19-10-5-4-6-11-19)25(31)30(3)20-13-14-21-23(16-20)35-18(2)27-21/h4-14,16,22H,15H2,1-3H3,(H2,28,29,32)/t22-/m0/s1. The van der Waals surface area contributed by atoms with E-state index in [2.05, 4.69) is 10.3 Å². The van der Waals surface area contributed by atoms with Crippen molar-refractivity contribution in [2.45, 2.75) is 31.2 Å². The van der Waals surface area contributed by atoms with E-state index in [1.165, 1.54) is 11.0 Å². The number of amides is 3. The third kappa shape index (κ3) is 5.55. The zero-order valence-corrected chi connectivity index (χ0v) is 20.9. The number of aromatic nitrogens is 1. The number of carbonyl (C=O) groups is 2.